The second kappa shape index (κ2) is 18.6. The lowest BCUT2D eigenvalue weighted by molar-refractivity contribution is -0.115. The molecule has 3 aromatic rings. The molecular formula is C33H46BrN5O8S2. The zero-order valence-electron chi connectivity index (χ0n) is 28.4. The van der Waals surface area contributed by atoms with E-state index in [0.29, 0.717) is 6.42 Å². The minimum atomic E-state index is -3.95. The summed E-state index contributed by atoms with van der Waals surface area (Å²) >= 11 is 3.27. The quantitative estimate of drug-likeness (QED) is 0.114. The molecule has 0 fully saturated rings. The topological polar surface area (TPSA) is 174 Å². The van der Waals surface area contributed by atoms with Gasteiger partial charge >= 0.3 is 0 Å². The molecule has 2 amide bonds. The van der Waals surface area contributed by atoms with Crippen molar-refractivity contribution in [1.82, 2.24) is 18.6 Å². The molecule has 0 aliphatic heterocycles. The van der Waals surface area contributed by atoms with Gasteiger partial charge in [-0.3, -0.25) is 19.0 Å². The number of nitrogens with one attached hydrogen (secondary N) is 2. The molecule has 0 spiro atoms. The first-order valence-corrected chi connectivity index (χ1v) is 20.5. The zero-order valence-corrected chi connectivity index (χ0v) is 31.6. The Labute approximate surface area is 297 Å². The Morgan fingerprint density at radius 2 is 1.55 bits per heavy atom. The van der Waals surface area contributed by atoms with E-state index in [1.165, 1.54) is 77.6 Å². The van der Waals surface area contributed by atoms with E-state index in [-0.39, 0.29) is 39.5 Å². The van der Waals surface area contributed by atoms with Crippen molar-refractivity contribution in [1.29, 1.82) is 0 Å². The molecule has 0 aliphatic rings. The highest BCUT2D eigenvalue weighted by atomic mass is 79.9. The van der Waals surface area contributed by atoms with Crippen molar-refractivity contribution in [3.63, 3.8) is 0 Å². The number of para-hydroxylation sites is 1. The van der Waals surface area contributed by atoms with E-state index >= 15 is 0 Å². The number of amides is 2. The molecule has 2 aromatic carbocycles. The number of alkyl halides is 1. The van der Waals surface area contributed by atoms with Crippen LogP contribution in [0.1, 0.15) is 92.1 Å². The van der Waals surface area contributed by atoms with Gasteiger partial charge in [0.05, 0.1) is 29.5 Å². The number of carbonyl (C=O) groups excluding carboxylic acids is 2. The number of nitrogens with zero attached hydrogens (tertiary/aromatic N) is 3. The predicted molar refractivity (Wildman–Crippen MR) is 195 cm³/mol. The normalized spacial score (nSPS) is 12.6. The van der Waals surface area contributed by atoms with Gasteiger partial charge in [-0.15, -0.1) is 0 Å². The van der Waals surface area contributed by atoms with Crippen molar-refractivity contribution in [2.45, 2.75) is 81.8 Å². The molecule has 49 heavy (non-hydrogen) atoms. The Balaban J connectivity index is 1.72. The maximum absolute atomic E-state index is 13.5. The van der Waals surface area contributed by atoms with E-state index in [0.717, 1.165) is 34.6 Å². The summed E-state index contributed by atoms with van der Waals surface area (Å²) in [6.07, 6.45) is 10.4. The van der Waals surface area contributed by atoms with Gasteiger partial charge in [0.1, 0.15) is 17.5 Å². The van der Waals surface area contributed by atoms with E-state index in [9.17, 15) is 31.2 Å². The van der Waals surface area contributed by atoms with Gasteiger partial charge in [0.2, 0.25) is 26.0 Å². The molecule has 1 unspecified atom stereocenters. The van der Waals surface area contributed by atoms with Crippen LogP contribution < -0.4 is 20.3 Å². The number of unbranched alkanes of at least 4 members (excludes halogenated alkanes) is 9. The van der Waals surface area contributed by atoms with E-state index < -0.39 is 48.1 Å². The Bertz CT molecular complexity index is 1880. The van der Waals surface area contributed by atoms with Crippen molar-refractivity contribution in [3.8, 4) is 5.75 Å². The van der Waals surface area contributed by atoms with Crippen LogP contribution in [0.4, 0.5) is 5.69 Å². The minimum absolute atomic E-state index is 0.0345. The van der Waals surface area contributed by atoms with E-state index in [1.807, 2.05) is 0 Å². The third-order valence-electron chi connectivity index (χ3n) is 7.93. The first-order valence-electron chi connectivity index (χ1n) is 16.3. The molecule has 13 nitrogen and oxygen atoms in total. The van der Waals surface area contributed by atoms with Crippen LogP contribution in [0.2, 0.25) is 0 Å². The summed E-state index contributed by atoms with van der Waals surface area (Å²) in [5.41, 5.74) is -0.411. The van der Waals surface area contributed by atoms with Gasteiger partial charge in [-0.1, -0.05) is 92.8 Å². The Morgan fingerprint density at radius 3 is 2.16 bits per heavy atom. The van der Waals surface area contributed by atoms with Crippen LogP contribution >= 0.6 is 15.9 Å². The first-order chi connectivity index (χ1) is 23.2. The molecule has 2 N–H and O–H groups in total. The highest BCUT2D eigenvalue weighted by Crippen LogP contribution is 2.30. The number of hydrogen-bond donors (Lipinski definition) is 2. The van der Waals surface area contributed by atoms with E-state index in [4.69, 9.17) is 4.74 Å². The molecule has 0 aliphatic carbocycles. The average molecular weight is 785 g/mol. The Hall–Kier alpha value is -3.34. The van der Waals surface area contributed by atoms with Crippen LogP contribution in [0.15, 0.2) is 47.3 Å². The number of methoxy groups -OCH3 is 1. The van der Waals surface area contributed by atoms with Crippen molar-refractivity contribution >= 4 is 64.4 Å². The minimum Gasteiger partial charge on any atom is -0.495 e. The van der Waals surface area contributed by atoms with Gasteiger partial charge in [0, 0.05) is 19.7 Å². The van der Waals surface area contributed by atoms with Crippen LogP contribution in [0, 0.1) is 0 Å². The third-order valence-corrected chi connectivity index (χ3v) is 11.8. The molecule has 0 radical (unpaired) electrons. The predicted octanol–water partition coefficient (Wildman–Crippen LogP) is 5.31. The number of fused-ring (bicyclic) bond motifs is 1. The van der Waals surface area contributed by atoms with Crippen molar-refractivity contribution in [2.24, 2.45) is 0 Å². The number of benzene rings is 2. The molecule has 1 aromatic heterocycles. The van der Waals surface area contributed by atoms with Crippen LogP contribution in [0.25, 0.3) is 10.9 Å². The summed E-state index contributed by atoms with van der Waals surface area (Å²) in [7, 11) is -3.85. The van der Waals surface area contributed by atoms with Gasteiger partial charge in [-0.25, -0.2) is 30.8 Å². The Morgan fingerprint density at radius 1 is 0.939 bits per heavy atom. The molecule has 270 valence electrons. The molecular weight excluding hydrogens is 738 g/mol. The maximum Gasteiger partial charge on any atom is 0.264 e. The van der Waals surface area contributed by atoms with Gasteiger partial charge in [-0.2, -0.15) is 0 Å². The van der Waals surface area contributed by atoms with Gasteiger partial charge in [0.15, 0.2) is 4.83 Å². The van der Waals surface area contributed by atoms with Gasteiger partial charge < -0.3 is 10.1 Å². The fourth-order valence-corrected chi connectivity index (χ4v) is 7.43. The van der Waals surface area contributed by atoms with Crippen LogP contribution in [0.5, 0.6) is 5.75 Å². The summed E-state index contributed by atoms with van der Waals surface area (Å²) in [5, 5.41) is 2.79. The third kappa shape index (κ3) is 11.6. The summed E-state index contributed by atoms with van der Waals surface area (Å²) in [5.74, 6) is -2.60. The number of sulfonamides is 2. The molecule has 1 atom stereocenters. The average Bonchev–Trinajstić information content (AvgIpc) is 3.06. The molecule has 0 bridgehead atoms. The van der Waals surface area contributed by atoms with Gasteiger partial charge in [-0.05, 0) is 36.8 Å². The first kappa shape index (κ1) is 40.1. The summed E-state index contributed by atoms with van der Waals surface area (Å²) in [6.45, 7) is 2.19. The molecule has 16 heteroatoms. The number of hydrogen-bond acceptors (Lipinski definition) is 9. The highest BCUT2D eigenvalue weighted by molar-refractivity contribution is 9.09. The molecule has 3 rings (SSSR count). The van der Waals surface area contributed by atoms with Gasteiger partial charge in [0.25, 0.3) is 11.5 Å². The fourth-order valence-electron chi connectivity index (χ4n) is 5.07. The van der Waals surface area contributed by atoms with Crippen LogP contribution in [-0.2, 0) is 30.7 Å². The summed E-state index contributed by atoms with van der Waals surface area (Å²) < 4.78 is 60.2. The number of anilines is 1. The lowest BCUT2D eigenvalue weighted by Gasteiger charge is -2.20. The van der Waals surface area contributed by atoms with Crippen molar-refractivity contribution in [3.05, 3.63) is 64.2 Å². The smallest absolute Gasteiger partial charge is 0.264 e. The monoisotopic (exact) mass is 783 g/mol. The largest absolute Gasteiger partial charge is 0.495 e. The van der Waals surface area contributed by atoms with Crippen LogP contribution in [0.3, 0.4) is 0 Å². The molecule has 0 saturated carbocycles. The number of halogens is 1. The van der Waals surface area contributed by atoms with Crippen LogP contribution in [-0.4, -0.2) is 69.5 Å². The maximum atomic E-state index is 13.5. The summed E-state index contributed by atoms with van der Waals surface area (Å²) in [4.78, 5) is 43.0. The lowest BCUT2D eigenvalue weighted by atomic mass is 10.1. The van der Waals surface area contributed by atoms with E-state index in [1.54, 1.807) is 18.2 Å². The van der Waals surface area contributed by atoms with E-state index in [2.05, 4.69) is 37.9 Å². The second-order valence-corrected chi connectivity index (χ2v) is 16.9. The zero-order chi connectivity index (χ0) is 36.2. The number of rotatable bonds is 20. The SMILES string of the molecule is CCCCCCCCCCCCS(=O)(=O)NC(=O)c1ccc(OC)c(NC(=O)C(Br)c2nc3ccccc3c(=O)n2CS(=O)(=O)N(C)C)c1. The number of carbonyl (C=O) groups is 2. The van der Waals surface area contributed by atoms with Crippen molar-refractivity contribution in [2.75, 3.05) is 32.3 Å². The lowest BCUT2D eigenvalue weighted by Crippen LogP contribution is -2.35. The standard InChI is InChI=1S/C33H46BrN5O8S2/c1-5-6-7-8-9-10-11-12-13-16-21-48(43,44)37-31(40)24-19-20-28(47-4)27(22-24)36-32(41)29(34)30-35-26-18-15-14-17-25(26)33(42)39(30)23-49(45,46)38(2)3/h14-15,17-20,22,29H,5-13,16,21,23H2,1-4H3,(H,36,41)(H,37,40). The van der Waals surface area contributed by atoms with Crippen molar-refractivity contribution < 1.29 is 31.2 Å². The number of aromatic nitrogens is 2. The molecule has 1 heterocycles. The highest BCUT2D eigenvalue weighted by Gasteiger charge is 2.28. The molecule has 0 saturated heterocycles. The Kier molecular flexibility index (Phi) is 15.2. The fraction of sp³-hybridized carbons (Fsp3) is 0.515. The summed E-state index contributed by atoms with van der Waals surface area (Å²) in [6, 6.07) is 10.4. The second-order valence-electron chi connectivity index (χ2n) is 11.9. The number of ether oxygens (including phenoxy) is 1.